The molecular formula is C13H18N5O13P3. The summed E-state index contributed by atoms with van der Waals surface area (Å²) < 4.78 is 58.2. The molecule has 1 aliphatic rings. The number of aromatic nitrogens is 4. The van der Waals surface area contributed by atoms with E-state index in [1.54, 1.807) is 5.92 Å². The summed E-state index contributed by atoms with van der Waals surface area (Å²) in [5.41, 5.74) is 6.03. The van der Waals surface area contributed by atoms with Crippen LogP contribution in [0.4, 0.5) is 5.82 Å². The third-order valence-corrected chi connectivity index (χ3v) is 8.36. The van der Waals surface area contributed by atoms with Crippen LogP contribution in [0, 0.1) is 12.3 Å². The van der Waals surface area contributed by atoms with Crippen molar-refractivity contribution in [2.45, 2.75) is 24.5 Å². The van der Waals surface area contributed by atoms with Crippen LogP contribution in [0.3, 0.4) is 0 Å². The van der Waals surface area contributed by atoms with E-state index >= 15 is 0 Å². The molecule has 7 atom stereocenters. The van der Waals surface area contributed by atoms with Crippen molar-refractivity contribution in [1.82, 2.24) is 19.5 Å². The number of nitrogen functional groups attached to an aromatic ring is 1. The molecule has 0 saturated carbocycles. The van der Waals surface area contributed by atoms with Gasteiger partial charge >= 0.3 is 23.5 Å². The quantitative estimate of drug-likeness (QED) is 0.155. The lowest BCUT2D eigenvalue weighted by Gasteiger charge is -2.19. The summed E-state index contributed by atoms with van der Waals surface area (Å²) in [6.45, 7) is -1.73. The number of hydrogen-bond acceptors (Lipinski definition) is 14. The minimum absolute atomic E-state index is 0.0443. The summed E-state index contributed by atoms with van der Waals surface area (Å²) in [5.74, 6) is 1.84. The van der Waals surface area contributed by atoms with Crippen LogP contribution < -0.4 is 5.73 Å². The van der Waals surface area contributed by atoms with Crippen LogP contribution in [-0.4, -0.2) is 75.9 Å². The lowest BCUT2D eigenvalue weighted by Crippen LogP contribution is -2.33. The smallest absolute Gasteiger partial charge is 0.387 e. The van der Waals surface area contributed by atoms with E-state index in [2.05, 4.69) is 32.6 Å². The highest BCUT2D eigenvalue weighted by atomic mass is 31.3. The van der Waals surface area contributed by atoms with Crippen molar-refractivity contribution in [2.24, 2.45) is 0 Å². The van der Waals surface area contributed by atoms with E-state index < -0.39 is 61.2 Å². The number of rotatable bonds is 10. The predicted octanol–water partition coefficient (Wildman–Crippen LogP) is -0.972. The number of hydrogen-bond donors (Lipinski definition) is 6. The third kappa shape index (κ3) is 6.25. The van der Waals surface area contributed by atoms with E-state index in [1.807, 2.05) is 0 Å². The highest BCUT2D eigenvalue weighted by Gasteiger charge is 2.47. The maximum Gasteiger partial charge on any atom is 0.490 e. The van der Waals surface area contributed by atoms with Gasteiger partial charge in [0.15, 0.2) is 17.7 Å². The molecule has 0 amide bonds. The van der Waals surface area contributed by atoms with Gasteiger partial charge in [-0.1, -0.05) is 5.92 Å². The van der Waals surface area contributed by atoms with Gasteiger partial charge in [0.05, 0.1) is 12.9 Å². The van der Waals surface area contributed by atoms with E-state index in [1.165, 1.54) is 10.9 Å². The van der Waals surface area contributed by atoms with Gasteiger partial charge in [-0.25, -0.2) is 28.6 Å². The summed E-state index contributed by atoms with van der Waals surface area (Å²) in [6.07, 6.45) is 1.12. The van der Waals surface area contributed by atoms with Crippen LogP contribution in [-0.2, 0) is 36.1 Å². The maximum atomic E-state index is 12.0. The lowest BCUT2D eigenvalue weighted by molar-refractivity contribution is -0.0503. The Morgan fingerprint density at radius 2 is 1.71 bits per heavy atom. The number of aliphatic hydroxyl groups is 2. The van der Waals surface area contributed by atoms with Gasteiger partial charge in [0.2, 0.25) is 0 Å². The zero-order valence-corrected chi connectivity index (χ0v) is 19.3. The average Bonchev–Trinajstić information content (AvgIpc) is 3.26. The molecule has 0 bridgehead atoms. The fraction of sp³-hybridized carbons (Fsp3) is 0.462. The van der Waals surface area contributed by atoms with E-state index in [4.69, 9.17) is 16.9 Å². The number of fused-ring (bicyclic) bond motifs is 1. The van der Waals surface area contributed by atoms with Crippen LogP contribution in [0.1, 0.15) is 6.23 Å². The van der Waals surface area contributed by atoms with Crippen LogP contribution in [0.2, 0.25) is 0 Å². The fourth-order valence-corrected chi connectivity index (χ4v) is 6.19. The summed E-state index contributed by atoms with van der Waals surface area (Å²) in [4.78, 5) is 40.1. The molecule has 3 rings (SSSR count). The largest absolute Gasteiger partial charge is 0.490 e. The molecule has 3 unspecified atom stereocenters. The molecule has 1 aliphatic heterocycles. The third-order valence-electron chi connectivity index (χ3n) is 4.12. The van der Waals surface area contributed by atoms with Gasteiger partial charge in [0.25, 0.3) is 0 Å². The lowest BCUT2D eigenvalue weighted by atomic mass is 10.1. The molecule has 0 aliphatic carbocycles. The number of nitrogens with two attached hydrogens (primary N) is 1. The molecule has 2 aromatic heterocycles. The van der Waals surface area contributed by atoms with Crippen LogP contribution >= 0.6 is 23.5 Å². The second-order valence-electron chi connectivity index (χ2n) is 6.47. The molecule has 2 aromatic rings. The van der Waals surface area contributed by atoms with Gasteiger partial charge in [0.1, 0.15) is 36.8 Å². The van der Waals surface area contributed by atoms with Crippen molar-refractivity contribution in [2.75, 3.05) is 18.9 Å². The van der Waals surface area contributed by atoms with Gasteiger partial charge in [-0.15, -0.1) is 6.42 Å². The number of phosphoric ester groups is 2. The second-order valence-corrected chi connectivity index (χ2v) is 11.1. The Labute approximate surface area is 190 Å². The minimum atomic E-state index is -5.68. The average molecular weight is 545 g/mol. The second kappa shape index (κ2) is 10.1. The molecular weight excluding hydrogens is 527 g/mol. The molecule has 0 spiro atoms. The van der Waals surface area contributed by atoms with Crippen LogP contribution in [0.15, 0.2) is 12.7 Å². The summed E-state index contributed by atoms with van der Waals surface area (Å²) >= 11 is 0. The van der Waals surface area contributed by atoms with E-state index in [0.29, 0.717) is 0 Å². The Balaban J connectivity index is 1.65. The number of nitrogens with zero attached hydrogens (tertiary/aromatic N) is 4. The molecule has 34 heavy (non-hydrogen) atoms. The Hall–Kier alpha value is -1.80. The molecule has 7 N–H and O–H groups in total. The first kappa shape index (κ1) is 26.8. The first-order valence-corrected chi connectivity index (χ1v) is 13.3. The van der Waals surface area contributed by atoms with Crippen LogP contribution in [0.5, 0.6) is 0 Å². The molecule has 1 fully saturated rings. The van der Waals surface area contributed by atoms with E-state index in [9.17, 15) is 38.6 Å². The van der Waals surface area contributed by atoms with Gasteiger partial charge in [-0.3, -0.25) is 13.6 Å². The summed E-state index contributed by atoms with van der Waals surface area (Å²) in [7, 11) is -16.4. The molecule has 3 heterocycles. The normalized spacial score (nSPS) is 28.1. The SMILES string of the molecule is C#CCOP(=O)(O)OP(=O)(O)OP(=O)(O)OC[C@H]1O[C@@H](n2cnc3c(N)ncnc32)[C@H](O)[C@@H]1O. The summed E-state index contributed by atoms with van der Waals surface area (Å²) in [6, 6.07) is 0. The Kier molecular flexibility index (Phi) is 7.92. The summed E-state index contributed by atoms with van der Waals surface area (Å²) in [5, 5.41) is 20.6. The fourth-order valence-electron chi connectivity index (χ4n) is 2.76. The van der Waals surface area contributed by atoms with Gasteiger partial charge in [0, 0.05) is 0 Å². The van der Waals surface area contributed by atoms with Crippen molar-refractivity contribution >= 4 is 40.4 Å². The number of imidazole rings is 1. The molecule has 188 valence electrons. The van der Waals surface area contributed by atoms with Crippen molar-refractivity contribution in [1.29, 1.82) is 0 Å². The highest BCUT2D eigenvalue weighted by Crippen LogP contribution is 2.67. The zero-order valence-electron chi connectivity index (χ0n) is 16.7. The standard InChI is InChI=1S/C13H18N5O13P3/c1-2-3-27-32(21,22)30-34(25,26)31-33(23,24)28-4-7-9(19)10(20)13(29-7)18-6-17-8-11(14)15-5-16-12(8)18/h1,5-7,9-10,13,19-20H,3-4H2,(H,21,22)(H,23,24)(H,25,26)(H2,14,15,16)/t7-,9-,10-,13-/m1/s1. The Morgan fingerprint density at radius 1 is 1.06 bits per heavy atom. The Morgan fingerprint density at radius 3 is 2.35 bits per heavy atom. The monoisotopic (exact) mass is 545 g/mol. The van der Waals surface area contributed by atoms with Crippen molar-refractivity contribution in [3.05, 3.63) is 12.7 Å². The molecule has 0 radical (unpaired) electrons. The number of phosphoric acid groups is 3. The maximum absolute atomic E-state index is 12.0. The van der Waals surface area contributed by atoms with Crippen molar-refractivity contribution in [3.8, 4) is 12.3 Å². The van der Waals surface area contributed by atoms with Gasteiger partial charge < -0.3 is 35.4 Å². The molecule has 1 saturated heterocycles. The highest BCUT2D eigenvalue weighted by molar-refractivity contribution is 7.66. The van der Waals surface area contributed by atoms with Gasteiger partial charge in [-0.2, -0.15) is 8.62 Å². The number of terminal acetylenes is 1. The number of anilines is 1. The van der Waals surface area contributed by atoms with E-state index in [-0.39, 0.29) is 17.0 Å². The first-order chi connectivity index (χ1) is 15.8. The van der Waals surface area contributed by atoms with Crippen molar-refractivity contribution < 1.29 is 61.0 Å². The minimum Gasteiger partial charge on any atom is -0.387 e. The van der Waals surface area contributed by atoms with Crippen LogP contribution in [0.25, 0.3) is 11.2 Å². The van der Waals surface area contributed by atoms with Gasteiger partial charge in [-0.05, 0) is 0 Å². The predicted molar refractivity (Wildman–Crippen MR) is 108 cm³/mol. The van der Waals surface area contributed by atoms with E-state index in [0.717, 1.165) is 6.33 Å². The first-order valence-electron chi connectivity index (χ1n) is 8.83. The molecule has 21 heteroatoms. The molecule has 0 aromatic carbocycles. The van der Waals surface area contributed by atoms with Crippen molar-refractivity contribution in [3.63, 3.8) is 0 Å². The topological polar surface area (TPSA) is 268 Å². The molecule has 18 nitrogen and oxygen atoms in total. The zero-order chi connectivity index (χ0) is 25.3. The number of ether oxygens (including phenoxy) is 1. The Bertz CT molecular complexity index is 1230. The number of aliphatic hydroxyl groups excluding tert-OH is 2.